The van der Waals surface area contributed by atoms with Gasteiger partial charge < -0.3 is 4.90 Å². The second-order valence-corrected chi connectivity index (χ2v) is 4.75. The van der Waals surface area contributed by atoms with E-state index in [1.807, 2.05) is 0 Å². The van der Waals surface area contributed by atoms with Gasteiger partial charge in [-0.15, -0.1) is 0 Å². The molecule has 1 unspecified atom stereocenters. The fourth-order valence-electron chi connectivity index (χ4n) is 2.23. The highest BCUT2D eigenvalue weighted by molar-refractivity contribution is 4.76. The molecule has 0 saturated carbocycles. The fourth-order valence-corrected chi connectivity index (χ4v) is 2.23. The van der Waals surface area contributed by atoms with Crippen LogP contribution >= 0.6 is 0 Å². The third kappa shape index (κ3) is 4.51. The molecule has 1 atom stereocenters. The molecule has 1 rings (SSSR count). The number of nitriles is 1. The predicted octanol–water partition coefficient (Wildman–Crippen LogP) is 2.10. The van der Waals surface area contributed by atoms with Gasteiger partial charge in [0.2, 0.25) is 0 Å². The van der Waals surface area contributed by atoms with E-state index in [0.29, 0.717) is 6.42 Å². The Kier molecular flexibility index (Phi) is 6.44. The fraction of sp³-hybridized carbons (Fsp3) is 0.923. The van der Waals surface area contributed by atoms with Crippen molar-refractivity contribution in [1.82, 2.24) is 9.80 Å². The molecule has 1 aliphatic rings. The van der Waals surface area contributed by atoms with E-state index in [2.05, 4.69) is 29.7 Å². The Balaban J connectivity index is 2.10. The zero-order chi connectivity index (χ0) is 11.8. The Morgan fingerprint density at radius 1 is 1.19 bits per heavy atom. The molecule has 1 saturated heterocycles. The third-order valence-electron chi connectivity index (χ3n) is 3.63. The summed E-state index contributed by atoms with van der Waals surface area (Å²) in [4.78, 5) is 5.13. The molecule has 0 N–H and O–H groups in total. The average molecular weight is 223 g/mol. The van der Waals surface area contributed by atoms with Gasteiger partial charge in [0.15, 0.2) is 0 Å². The predicted molar refractivity (Wildman–Crippen MR) is 67.2 cm³/mol. The van der Waals surface area contributed by atoms with Crippen molar-refractivity contribution in [2.24, 2.45) is 0 Å². The molecule has 0 bridgehead atoms. The van der Waals surface area contributed by atoms with Crippen LogP contribution in [0, 0.1) is 11.3 Å². The van der Waals surface area contributed by atoms with E-state index in [-0.39, 0.29) is 0 Å². The van der Waals surface area contributed by atoms with Crippen LogP contribution in [0.4, 0.5) is 0 Å². The third-order valence-corrected chi connectivity index (χ3v) is 3.63. The van der Waals surface area contributed by atoms with Gasteiger partial charge in [0.05, 0.1) is 6.07 Å². The average Bonchev–Trinajstić information content (AvgIpc) is 2.34. The molecule has 92 valence electrons. The van der Waals surface area contributed by atoms with Crippen molar-refractivity contribution in [3.63, 3.8) is 0 Å². The van der Waals surface area contributed by atoms with Crippen molar-refractivity contribution in [1.29, 1.82) is 5.26 Å². The molecule has 0 spiro atoms. The number of nitrogens with zero attached hydrogens (tertiary/aromatic N) is 3. The summed E-state index contributed by atoms with van der Waals surface area (Å²) < 4.78 is 0. The van der Waals surface area contributed by atoms with Crippen LogP contribution in [0.3, 0.4) is 0 Å². The molecule has 1 aliphatic heterocycles. The summed E-state index contributed by atoms with van der Waals surface area (Å²) in [7, 11) is 0. The first-order chi connectivity index (χ1) is 7.77. The molecule has 0 aromatic carbocycles. The van der Waals surface area contributed by atoms with Gasteiger partial charge in [0, 0.05) is 38.6 Å². The highest BCUT2D eigenvalue weighted by Crippen LogP contribution is 2.09. The van der Waals surface area contributed by atoms with Gasteiger partial charge >= 0.3 is 0 Å². The van der Waals surface area contributed by atoms with Crippen molar-refractivity contribution in [2.75, 3.05) is 32.7 Å². The summed E-state index contributed by atoms with van der Waals surface area (Å²) in [5, 5.41) is 8.46. The maximum absolute atomic E-state index is 8.46. The summed E-state index contributed by atoms with van der Waals surface area (Å²) in [5.74, 6) is 0. The molecular formula is C13H25N3. The molecule has 3 nitrogen and oxygen atoms in total. The lowest BCUT2D eigenvalue weighted by Crippen LogP contribution is -2.49. The topological polar surface area (TPSA) is 30.3 Å². The van der Waals surface area contributed by atoms with Crippen molar-refractivity contribution < 1.29 is 0 Å². The molecule has 0 aliphatic carbocycles. The van der Waals surface area contributed by atoms with Crippen LogP contribution in [0.2, 0.25) is 0 Å². The maximum Gasteiger partial charge on any atom is 0.0621 e. The summed E-state index contributed by atoms with van der Waals surface area (Å²) in [6.07, 6.45) is 4.20. The summed E-state index contributed by atoms with van der Waals surface area (Å²) in [6.45, 7) is 10.6. The van der Waals surface area contributed by atoms with E-state index in [9.17, 15) is 0 Å². The lowest BCUT2D eigenvalue weighted by molar-refractivity contribution is 0.0996. The van der Waals surface area contributed by atoms with Gasteiger partial charge in [0.25, 0.3) is 0 Å². The van der Waals surface area contributed by atoms with Crippen molar-refractivity contribution >= 4 is 0 Å². The van der Waals surface area contributed by atoms with Gasteiger partial charge in [-0.3, -0.25) is 4.90 Å². The van der Waals surface area contributed by atoms with Crippen molar-refractivity contribution in [2.45, 2.75) is 45.6 Å². The van der Waals surface area contributed by atoms with Crippen LogP contribution < -0.4 is 0 Å². The first-order valence-corrected chi connectivity index (χ1v) is 6.61. The second-order valence-electron chi connectivity index (χ2n) is 4.75. The van der Waals surface area contributed by atoms with Crippen LogP contribution in [-0.2, 0) is 0 Å². The quantitative estimate of drug-likeness (QED) is 0.646. The molecule has 0 aromatic heterocycles. The number of unbranched alkanes of at least 4 members (excludes halogenated alkanes) is 2. The van der Waals surface area contributed by atoms with E-state index in [1.54, 1.807) is 0 Å². The number of rotatable bonds is 6. The standard InChI is InChI=1S/C13H25N3/c1-3-13(2)16-11-9-15(10-12-16)8-6-4-5-7-14/h13H,3-6,8-12H2,1-2H3. The molecule has 0 aromatic rings. The van der Waals surface area contributed by atoms with E-state index in [4.69, 9.17) is 5.26 Å². The minimum Gasteiger partial charge on any atom is -0.301 e. The van der Waals surface area contributed by atoms with E-state index in [0.717, 1.165) is 12.5 Å². The lowest BCUT2D eigenvalue weighted by Gasteiger charge is -2.37. The highest BCUT2D eigenvalue weighted by Gasteiger charge is 2.19. The van der Waals surface area contributed by atoms with Crippen LogP contribution in [0.15, 0.2) is 0 Å². The highest BCUT2D eigenvalue weighted by atomic mass is 15.3. The van der Waals surface area contributed by atoms with E-state index < -0.39 is 0 Å². The molecular weight excluding hydrogens is 198 g/mol. The second kappa shape index (κ2) is 7.65. The molecule has 16 heavy (non-hydrogen) atoms. The first kappa shape index (κ1) is 13.5. The lowest BCUT2D eigenvalue weighted by atomic mass is 10.2. The van der Waals surface area contributed by atoms with E-state index in [1.165, 1.54) is 45.6 Å². The zero-order valence-corrected chi connectivity index (χ0v) is 10.8. The van der Waals surface area contributed by atoms with Crippen LogP contribution in [0.1, 0.15) is 39.5 Å². The Morgan fingerprint density at radius 2 is 1.88 bits per heavy atom. The van der Waals surface area contributed by atoms with E-state index >= 15 is 0 Å². The molecule has 3 heteroatoms. The number of hydrogen-bond donors (Lipinski definition) is 0. The summed E-state index contributed by atoms with van der Waals surface area (Å²) in [6, 6.07) is 2.95. The Morgan fingerprint density at radius 3 is 2.44 bits per heavy atom. The Labute approximate surface area is 100 Å². The Bertz CT molecular complexity index is 214. The van der Waals surface area contributed by atoms with Crippen LogP contribution in [0.5, 0.6) is 0 Å². The molecule has 0 radical (unpaired) electrons. The summed E-state index contributed by atoms with van der Waals surface area (Å²) in [5.41, 5.74) is 0. The van der Waals surface area contributed by atoms with Gasteiger partial charge in [-0.2, -0.15) is 5.26 Å². The first-order valence-electron chi connectivity index (χ1n) is 6.61. The minimum atomic E-state index is 0.715. The Hall–Kier alpha value is -0.590. The van der Waals surface area contributed by atoms with Crippen LogP contribution in [0.25, 0.3) is 0 Å². The van der Waals surface area contributed by atoms with Crippen molar-refractivity contribution in [3.8, 4) is 6.07 Å². The SMILES string of the molecule is CCC(C)N1CCN(CCCCC#N)CC1. The molecule has 1 heterocycles. The number of hydrogen-bond acceptors (Lipinski definition) is 3. The molecule has 0 amide bonds. The molecule has 1 fully saturated rings. The van der Waals surface area contributed by atoms with Gasteiger partial charge in [-0.25, -0.2) is 0 Å². The largest absolute Gasteiger partial charge is 0.301 e. The van der Waals surface area contributed by atoms with Gasteiger partial charge in [-0.05, 0) is 32.7 Å². The summed E-state index contributed by atoms with van der Waals surface area (Å²) >= 11 is 0. The normalized spacial score (nSPS) is 20.6. The smallest absolute Gasteiger partial charge is 0.0621 e. The zero-order valence-electron chi connectivity index (χ0n) is 10.8. The number of piperazine rings is 1. The van der Waals surface area contributed by atoms with Crippen LogP contribution in [-0.4, -0.2) is 48.6 Å². The maximum atomic E-state index is 8.46. The van der Waals surface area contributed by atoms with Gasteiger partial charge in [-0.1, -0.05) is 6.92 Å². The van der Waals surface area contributed by atoms with Gasteiger partial charge in [0.1, 0.15) is 0 Å². The minimum absolute atomic E-state index is 0.715. The monoisotopic (exact) mass is 223 g/mol. The van der Waals surface area contributed by atoms with Crippen molar-refractivity contribution in [3.05, 3.63) is 0 Å².